The third-order valence-electron chi connectivity index (χ3n) is 10.1. The highest BCUT2D eigenvalue weighted by molar-refractivity contribution is 9.10. The van der Waals surface area contributed by atoms with Crippen LogP contribution in [0.4, 0.5) is 11.4 Å². The van der Waals surface area contributed by atoms with Gasteiger partial charge in [-0.25, -0.2) is 0 Å². The Morgan fingerprint density at radius 1 is 0.958 bits per heavy atom. The number of nitrogens with zero attached hydrogens (tertiary/aromatic N) is 1. The summed E-state index contributed by atoms with van der Waals surface area (Å²) in [5.74, 6) is -0.466. The molecule has 0 radical (unpaired) electrons. The molecule has 12 heteroatoms. The number of anilines is 2. The molecule has 2 N–H and O–H groups in total. The minimum absolute atomic E-state index is 0.0123. The molecule has 4 aromatic rings. The van der Waals surface area contributed by atoms with Crippen LogP contribution in [0.5, 0.6) is 11.5 Å². The zero-order valence-corrected chi connectivity index (χ0v) is 29.3. The molecule has 246 valence electrons. The number of aromatic nitrogens is 1. The molecular formula is C36H32BrN3O6S2. The molecule has 4 aliphatic rings. The Bertz CT molecular complexity index is 1990. The fraction of sp³-hybridized carbons (Fsp3) is 0.333. The van der Waals surface area contributed by atoms with Crippen LogP contribution in [0, 0.1) is 36.5 Å². The Kier molecular flexibility index (Phi) is 8.00. The molecule has 7 atom stereocenters. The highest BCUT2D eigenvalue weighted by Gasteiger charge is 2.69. The van der Waals surface area contributed by atoms with Crippen LogP contribution >= 0.6 is 39.0 Å². The average Bonchev–Trinajstić information content (AvgIpc) is 3.81. The van der Waals surface area contributed by atoms with E-state index in [1.165, 1.54) is 16.2 Å². The van der Waals surface area contributed by atoms with Gasteiger partial charge in [0.2, 0.25) is 11.8 Å². The first-order valence-electron chi connectivity index (χ1n) is 16.0. The number of imide groups is 1. The van der Waals surface area contributed by atoms with Crippen LogP contribution in [-0.2, 0) is 14.4 Å². The summed E-state index contributed by atoms with van der Waals surface area (Å²) in [6, 6.07) is 20.6. The minimum Gasteiger partial charge on any atom is -0.490 e. The predicted molar refractivity (Wildman–Crippen MR) is 188 cm³/mol. The predicted octanol–water partition coefficient (Wildman–Crippen LogP) is 6.60. The highest BCUT2D eigenvalue weighted by Crippen LogP contribution is 2.68. The number of thiazole rings is 1. The minimum atomic E-state index is -0.395. The van der Waals surface area contributed by atoms with Crippen molar-refractivity contribution in [3.8, 4) is 11.5 Å². The number of aryl methyl sites for hydroxylation is 1. The molecule has 3 heterocycles. The molecule has 2 saturated carbocycles. The highest BCUT2D eigenvalue weighted by atomic mass is 79.9. The van der Waals surface area contributed by atoms with Crippen LogP contribution in [0.1, 0.15) is 35.3 Å². The third kappa shape index (κ3) is 5.19. The van der Waals surface area contributed by atoms with E-state index in [-0.39, 0.29) is 64.0 Å². The Morgan fingerprint density at radius 3 is 2.42 bits per heavy atom. The van der Waals surface area contributed by atoms with Crippen LogP contribution in [0.3, 0.4) is 0 Å². The zero-order chi connectivity index (χ0) is 33.3. The first-order chi connectivity index (χ1) is 23.2. The molecule has 3 fully saturated rings. The topological polar surface area (TPSA) is 118 Å². The second-order valence-electron chi connectivity index (χ2n) is 12.8. The monoisotopic (exact) mass is 745 g/mol. The number of hydrogen-bond donors (Lipinski definition) is 2. The molecule has 3 amide bonds. The van der Waals surface area contributed by atoms with E-state index in [4.69, 9.17) is 9.47 Å². The van der Waals surface area contributed by atoms with E-state index in [0.29, 0.717) is 29.5 Å². The van der Waals surface area contributed by atoms with Gasteiger partial charge in [0, 0.05) is 26.2 Å². The van der Waals surface area contributed by atoms with Crippen molar-refractivity contribution in [3.63, 3.8) is 0 Å². The number of fused-ring (bicyclic) bond motifs is 9. The Labute approximate surface area is 293 Å². The van der Waals surface area contributed by atoms with E-state index in [1.807, 2.05) is 68.4 Å². The number of carbonyl (C=O) groups excluding carboxylic acids is 3. The van der Waals surface area contributed by atoms with Crippen molar-refractivity contribution < 1.29 is 23.9 Å². The van der Waals surface area contributed by atoms with Crippen molar-refractivity contribution in [1.29, 1.82) is 0 Å². The molecule has 1 aromatic heterocycles. The summed E-state index contributed by atoms with van der Waals surface area (Å²) in [6.45, 7) is 4.07. The first-order valence-corrected chi connectivity index (χ1v) is 18.5. The molecule has 2 aliphatic carbocycles. The maximum atomic E-state index is 14.0. The van der Waals surface area contributed by atoms with E-state index in [0.717, 1.165) is 31.9 Å². The molecule has 3 aromatic carbocycles. The summed E-state index contributed by atoms with van der Waals surface area (Å²) >= 11 is 6.31. The molecular weight excluding hydrogens is 714 g/mol. The van der Waals surface area contributed by atoms with Gasteiger partial charge < -0.3 is 19.8 Å². The van der Waals surface area contributed by atoms with E-state index in [9.17, 15) is 19.2 Å². The van der Waals surface area contributed by atoms with E-state index in [2.05, 4.69) is 26.2 Å². The van der Waals surface area contributed by atoms with Crippen molar-refractivity contribution in [2.75, 3.05) is 23.4 Å². The van der Waals surface area contributed by atoms with Gasteiger partial charge in [0.15, 0.2) is 18.1 Å². The quantitative estimate of drug-likeness (QED) is 0.195. The normalized spacial score (nSPS) is 26.6. The van der Waals surface area contributed by atoms with Crippen LogP contribution < -0.4 is 24.6 Å². The van der Waals surface area contributed by atoms with Gasteiger partial charge in [0.05, 0.1) is 29.2 Å². The fourth-order valence-corrected chi connectivity index (χ4v) is 11.5. The smallest absolute Gasteiger partial charge is 0.305 e. The van der Waals surface area contributed by atoms with Crippen molar-refractivity contribution in [1.82, 2.24) is 4.98 Å². The summed E-state index contributed by atoms with van der Waals surface area (Å²) in [5.41, 5.74) is 3.34. The number of nitrogens with one attached hydrogen (secondary N) is 2. The molecule has 0 spiro atoms. The standard InChI is InChI=1S/C36H32BrN3O6S2/c1-3-45-25-14-18(6-13-24(25)46-16-26(41)38-20-9-4-17(2)5-10-20)27-28-22-15-23(31(28)47-33-32(27)48-36(44)39-33)30-29(22)34(42)40(35(30)43)21-11-7-19(37)8-12-21/h4-14,22-23,27-31H,3,15-16H2,1-2H3,(H,38,41)(H,39,44)/t22?,23?,27-,28?,29?,30?,31?/m1/s1. The van der Waals surface area contributed by atoms with Crippen molar-refractivity contribution in [2.24, 2.45) is 29.6 Å². The van der Waals surface area contributed by atoms with Gasteiger partial charge in [-0.2, -0.15) is 0 Å². The maximum Gasteiger partial charge on any atom is 0.305 e. The number of amides is 3. The lowest BCUT2D eigenvalue weighted by Crippen LogP contribution is -2.42. The SMILES string of the molecule is CCOc1cc([C@H]2c3sc(=O)[nH]c3SC3C4CC(C5C(=O)N(c6ccc(Br)cc6)C(=O)C45)C32)ccc1OCC(=O)Nc1ccc(C)cc1. The number of carbonyl (C=O) groups is 3. The Balaban J connectivity index is 1.10. The number of H-pyrrole nitrogens is 1. The average molecular weight is 747 g/mol. The van der Waals surface area contributed by atoms with Gasteiger partial charge in [-0.05, 0) is 92.1 Å². The molecule has 9 nitrogen and oxygen atoms in total. The van der Waals surface area contributed by atoms with Gasteiger partial charge in [-0.1, -0.05) is 51.0 Å². The Hall–Kier alpha value is -3.87. The number of hydrogen-bond acceptors (Lipinski definition) is 8. The lowest BCUT2D eigenvalue weighted by molar-refractivity contribution is -0.123. The molecule has 8 rings (SSSR count). The van der Waals surface area contributed by atoms with Crippen LogP contribution in [0.2, 0.25) is 0 Å². The maximum absolute atomic E-state index is 14.0. The zero-order valence-electron chi connectivity index (χ0n) is 26.1. The van der Waals surface area contributed by atoms with E-state index >= 15 is 0 Å². The van der Waals surface area contributed by atoms with Crippen molar-refractivity contribution >= 4 is 68.1 Å². The fourth-order valence-electron chi connectivity index (χ4n) is 8.32. The summed E-state index contributed by atoms with van der Waals surface area (Å²) in [5, 5.41) is 3.76. The van der Waals surface area contributed by atoms with Gasteiger partial charge in [-0.15, -0.1) is 11.8 Å². The molecule has 48 heavy (non-hydrogen) atoms. The second-order valence-corrected chi connectivity index (χ2v) is 15.9. The second kappa shape index (κ2) is 12.2. The molecule has 2 aliphatic heterocycles. The number of halogens is 1. The summed E-state index contributed by atoms with van der Waals surface area (Å²) < 4.78 is 12.9. The van der Waals surface area contributed by atoms with Gasteiger partial charge in [0.1, 0.15) is 0 Å². The van der Waals surface area contributed by atoms with Crippen molar-refractivity contribution in [2.45, 2.75) is 36.5 Å². The Morgan fingerprint density at radius 2 is 1.69 bits per heavy atom. The number of aromatic amines is 1. The summed E-state index contributed by atoms with van der Waals surface area (Å²) in [4.78, 5) is 58.6. The summed E-state index contributed by atoms with van der Waals surface area (Å²) in [6.07, 6.45) is 0.800. The van der Waals surface area contributed by atoms with Crippen molar-refractivity contribution in [3.05, 3.63) is 96.9 Å². The van der Waals surface area contributed by atoms with Gasteiger partial charge in [0.25, 0.3) is 5.91 Å². The lowest BCUT2D eigenvalue weighted by atomic mass is 9.68. The van der Waals surface area contributed by atoms with E-state index < -0.39 is 5.92 Å². The third-order valence-corrected chi connectivity index (χ3v) is 13.2. The van der Waals surface area contributed by atoms with Crippen LogP contribution in [0.25, 0.3) is 0 Å². The van der Waals surface area contributed by atoms with E-state index in [1.54, 1.807) is 23.9 Å². The summed E-state index contributed by atoms with van der Waals surface area (Å²) in [7, 11) is 0. The largest absolute Gasteiger partial charge is 0.490 e. The van der Waals surface area contributed by atoms with Gasteiger partial charge >= 0.3 is 4.87 Å². The number of rotatable bonds is 8. The first kappa shape index (κ1) is 31.4. The van der Waals surface area contributed by atoms with Crippen LogP contribution in [-0.4, -0.2) is 41.2 Å². The molecule has 2 bridgehead atoms. The molecule has 6 unspecified atom stereocenters. The number of benzene rings is 3. The number of ether oxygens (including phenoxy) is 2. The number of thioether (sulfide) groups is 1. The lowest BCUT2D eigenvalue weighted by Gasteiger charge is -2.43. The molecule has 1 saturated heterocycles. The van der Waals surface area contributed by atoms with Gasteiger partial charge in [-0.3, -0.25) is 24.1 Å². The van der Waals surface area contributed by atoms with Crippen LogP contribution in [0.15, 0.2) is 81.0 Å².